The van der Waals surface area contributed by atoms with Crippen molar-refractivity contribution < 1.29 is 13.5 Å². The number of nitrogens with zero attached hydrogens (tertiary/aromatic N) is 4. The van der Waals surface area contributed by atoms with Crippen molar-refractivity contribution in [1.82, 2.24) is 19.7 Å². The van der Waals surface area contributed by atoms with Crippen molar-refractivity contribution in [3.8, 4) is 5.69 Å². The van der Waals surface area contributed by atoms with Crippen LogP contribution in [0.1, 0.15) is 11.6 Å². The largest absolute Gasteiger partial charge is 0.382 e. The van der Waals surface area contributed by atoms with Crippen LogP contribution in [0.3, 0.4) is 0 Å². The topological polar surface area (TPSA) is 64.9 Å². The molecule has 0 fully saturated rings. The van der Waals surface area contributed by atoms with Crippen LogP contribution in [0.2, 0.25) is 0 Å². The number of fused-ring (bicyclic) bond motifs is 1. The Morgan fingerprint density at radius 3 is 2.64 bits per heavy atom. The van der Waals surface area contributed by atoms with Crippen molar-refractivity contribution >= 4 is 16.9 Å². The Morgan fingerprint density at radius 2 is 1.89 bits per heavy atom. The summed E-state index contributed by atoms with van der Waals surface area (Å²) in [6.07, 6.45) is 3.10. The molecule has 2 heterocycles. The van der Waals surface area contributed by atoms with Gasteiger partial charge in [0.1, 0.15) is 12.1 Å². The zero-order valence-corrected chi connectivity index (χ0v) is 15.0. The first-order valence-electron chi connectivity index (χ1n) is 8.62. The highest BCUT2D eigenvalue weighted by Crippen LogP contribution is 2.26. The summed E-state index contributed by atoms with van der Waals surface area (Å²) < 4.78 is 33.9. The first kappa shape index (κ1) is 18.0. The van der Waals surface area contributed by atoms with Crippen LogP contribution >= 0.6 is 0 Å². The first-order chi connectivity index (χ1) is 13.7. The molecule has 1 N–H and O–H groups in total. The number of benzene rings is 2. The fourth-order valence-electron chi connectivity index (χ4n) is 3.00. The van der Waals surface area contributed by atoms with Gasteiger partial charge in [0.05, 0.1) is 29.9 Å². The highest BCUT2D eigenvalue weighted by atomic mass is 19.2. The van der Waals surface area contributed by atoms with Gasteiger partial charge in [0.15, 0.2) is 17.3 Å². The Labute approximate surface area is 159 Å². The number of ether oxygens (including phenoxy) is 1. The molecule has 0 amide bonds. The minimum atomic E-state index is -0.912. The van der Waals surface area contributed by atoms with Crippen LogP contribution in [0.4, 0.5) is 14.6 Å². The molecule has 2 aromatic carbocycles. The summed E-state index contributed by atoms with van der Waals surface area (Å²) in [6, 6.07) is 12.9. The van der Waals surface area contributed by atoms with Crippen molar-refractivity contribution in [2.24, 2.45) is 0 Å². The molecule has 0 bridgehead atoms. The van der Waals surface area contributed by atoms with Crippen molar-refractivity contribution in [2.45, 2.75) is 6.04 Å². The molecule has 0 aliphatic rings. The second-order valence-corrected chi connectivity index (χ2v) is 6.18. The molecule has 6 nitrogen and oxygen atoms in total. The van der Waals surface area contributed by atoms with Crippen molar-refractivity contribution in [2.75, 3.05) is 19.0 Å². The van der Waals surface area contributed by atoms with Gasteiger partial charge in [-0.15, -0.1) is 0 Å². The van der Waals surface area contributed by atoms with Crippen molar-refractivity contribution in [1.29, 1.82) is 0 Å². The predicted molar refractivity (Wildman–Crippen MR) is 101 cm³/mol. The van der Waals surface area contributed by atoms with Crippen LogP contribution < -0.4 is 5.32 Å². The van der Waals surface area contributed by atoms with Crippen LogP contribution in [0.5, 0.6) is 0 Å². The van der Waals surface area contributed by atoms with E-state index < -0.39 is 17.7 Å². The quantitative estimate of drug-likeness (QED) is 0.549. The number of hydrogen-bond donors (Lipinski definition) is 1. The molecule has 142 valence electrons. The molecule has 0 saturated carbocycles. The molecule has 4 rings (SSSR count). The number of hydrogen-bond acceptors (Lipinski definition) is 5. The van der Waals surface area contributed by atoms with E-state index in [2.05, 4.69) is 20.4 Å². The number of anilines is 1. The fourth-order valence-corrected chi connectivity index (χ4v) is 3.00. The maximum atomic E-state index is 13.7. The number of rotatable bonds is 6. The minimum Gasteiger partial charge on any atom is -0.382 e. The standard InChI is InChI=1S/C20H17F2N5O/c1-28-11-18(13-7-8-16(21)17(22)9-13)26-19-15-10-25-27(20(15)24-12-23-19)14-5-3-2-4-6-14/h2-10,12,18H,11H2,1H3,(H,23,24,26). The van der Waals surface area contributed by atoms with Gasteiger partial charge in [0.2, 0.25) is 0 Å². The van der Waals surface area contributed by atoms with Gasteiger partial charge in [-0.05, 0) is 29.8 Å². The van der Waals surface area contributed by atoms with Gasteiger partial charge in [0, 0.05) is 7.11 Å². The van der Waals surface area contributed by atoms with E-state index in [1.807, 2.05) is 30.3 Å². The molecule has 1 unspecified atom stereocenters. The number of methoxy groups -OCH3 is 1. The molecular weight excluding hydrogens is 364 g/mol. The average Bonchev–Trinajstić information content (AvgIpc) is 3.15. The van der Waals surface area contributed by atoms with Gasteiger partial charge in [0.25, 0.3) is 0 Å². The molecule has 0 saturated heterocycles. The second-order valence-electron chi connectivity index (χ2n) is 6.18. The lowest BCUT2D eigenvalue weighted by Crippen LogP contribution is -2.17. The van der Waals surface area contributed by atoms with E-state index in [0.717, 1.165) is 17.8 Å². The Balaban J connectivity index is 1.71. The monoisotopic (exact) mass is 381 g/mol. The number of halogens is 2. The van der Waals surface area contributed by atoms with Gasteiger partial charge in [-0.3, -0.25) is 0 Å². The van der Waals surface area contributed by atoms with Crippen LogP contribution in [0.15, 0.2) is 61.1 Å². The lowest BCUT2D eigenvalue weighted by Gasteiger charge is -2.19. The average molecular weight is 381 g/mol. The number of para-hydroxylation sites is 1. The molecule has 0 radical (unpaired) electrons. The third-order valence-corrected chi connectivity index (χ3v) is 4.36. The summed E-state index contributed by atoms with van der Waals surface area (Å²) in [5.41, 5.74) is 2.05. The summed E-state index contributed by atoms with van der Waals surface area (Å²) in [5, 5.41) is 8.35. The summed E-state index contributed by atoms with van der Waals surface area (Å²) in [6.45, 7) is 0.239. The Morgan fingerprint density at radius 1 is 1.07 bits per heavy atom. The van der Waals surface area contributed by atoms with Gasteiger partial charge in [-0.25, -0.2) is 23.4 Å². The Bertz CT molecular complexity index is 1100. The maximum Gasteiger partial charge on any atom is 0.168 e. The molecule has 8 heteroatoms. The zero-order valence-electron chi connectivity index (χ0n) is 15.0. The molecule has 2 aromatic heterocycles. The fraction of sp³-hybridized carbons (Fsp3) is 0.150. The summed E-state index contributed by atoms with van der Waals surface area (Å²) in [5.74, 6) is -1.28. The summed E-state index contributed by atoms with van der Waals surface area (Å²) in [4.78, 5) is 8.64. The molecular formula is C20H17F2N5O. The normalized spacial score (nSPS) is 12.2. The smallest absolute Gasteiger partial charge is 0.168 e. The summed E-state index contributed by atoms with van der Waals surface area (Å²) in [7, 11) is 1.54. The summed E-state index contributed by atoms with van der Waals surface area (Å²) >= 11 is 0. The molecule has 1 atom stereocenters. The second kappa shape index (κ2) is 7.69. The van der Waals surface area contributed by atoms with E-state index in [1.165, 1.54) is 19.5 Å². The third-order valence-electron chi connectivity index (χ3n) is 4.36. The van der Waals surface area contributed by atoms with Crippen LogP contribution in [-0.2, 0) is 4.74 Å². The SMILES string of the molecule is COCC(Nc1ncnc2c1cnn2-c1ccccc1)c1ccc(F)c(F)c1. The highest BCUT2D eigenvalue weighted by molar-refractivity contribution is 5.87. The van der Waals surface area contributed by atoms with Gasteiger partial charge >= 0.3 is 0 Å². The lowest BCUT2D eigenvalue weighted by molar-refractivity contribution is 0.186. The van der Waals surface area contributed by atoms with Crippen LogP contribution in [-0.4, -0.2) is 33.5 Å². The predicted octanol–water partition coefficient (Wildman–Crippen LogP) is 3.89. The van der Waals surface area contributed by atoms with Gasteiger partial charge < -0.3 is 10.1 Å². The Kier molecular flexibility index (Phi) is 4.94. The first-order valence-corrected chi connectivity index (χ1v) is 8.62. The highest BCUT2D eigenvalue weighted by Gasteiger charge is 2.18. The van der Waals surface area contributed by atoms with E-state index in [1.54, 1.807) is 10.9 Å². The maximum absolute atomic E-state index is 13.7. The zero-order chi connectivity index (χ0) is 19.5. The molecule has 0 aliphatic heterocycles. The molecule has 0 aliphatic carbocycles. The lowest BCUT2D eigenvalue weighted by atomic mass is 10.1. The van der Waals surface area contributed by atoms with Crippen LogP contribution in [0.25, 0.3) is 16.7 Å². The van der Waals surface area contributed by atoms with E-state index in [0.29, 0.717) is 22.4 Å². The van der Waals surface area contributed by atoms with E-state index >= 15 is 0 Å². The number of nitrogens with one attached hydrogen (secondary N) is 1. The Hall–Kier alpha value is -3.39. The van der Waals surface area contributed by atoms with Crippen molar-refractivity contribution in [3.63, 3.8) is 0 Å². The minimum absolute atomic E-state index is 0.239. The molecule has 28 heavy (non-hydrogen) atoms. The van der Waals surface area contributed by atoms with E-state index in [4.69, 9.17) is 4.74 Å². The van der Waals surface area contributed by atoms with Gasteiger partial charge in [-0.2, -0.15) is 5.10 Å². The van der Waals surface area contributed by atoms with Gasteiger partial charge in [-0.1, -0.05) is 24.3 Å². The van der Waals surface area contributed by atoms with E-state index in [-0.39, 0.29) is 6.61 Å². The molecule has 4 aromatic rings. The number of aromatic nitrogens is 4. The van der Waals surface area contributed by atoms with Crippen LogP contribution in [0, 0.1) is 11.6 Å². The van der Waals surface area contributed by atoms with Crippen molar-refractivity contribution in [3.05, 3.63) is 78.3 Å². The van der Waals surface area contributed by atoms with E-state index in [9.17, 15) is 8.78 Å². The molecule has 0 spiro atoms. The third kappa shape index (κ3) is 3.41.